The minimum Gasteiger partial charge on any atom is -0.366 e. The molecular formula is C21H24N4. The lowest BCUT2D eigenvalue weighted by Crippen LogP contribution is -2.12. The number of hydrogen-bond acceptors (Lipinski definition) is 4. The molecule has 0 radical (unpaired) electrons. The van der Waals surface area contributed by atoms with Gasteiger partial charge >= 0.3 is 0 Å². The highest BCUT2D eigenvalue weighted by Gasteiger charge is 2.07. The van der Waals surface area contributed by atoms with E-state index in [1.807, 2.05) is 42.5 Å². The first-order valence-corrected chi connectivity index (χ1v) is 8.67. The quantitative estimate of drug-likeness (QED) is 0.651. The van der Waals surface area contributed by atoms with Gasteiger partial charge in [-0.15, -0.1) is 0 Å². The van der Waals surface area contributed by atoms with Crippen molar-refractivity contribution in [1.82, 2.24) is 9.97 Å². The second kappa shape index (κ2) is 8.29. The maximum absolute atomic E-state index is 4.67. The summed E-state index contributed by atoms with van der Waals surface area (Å²) in [5.74, 6) is 2.01. The third-order valence-corrected chi connectivity index (χ3v) is 3.78. The van der Waals surface area contributed by atoms with Gasteiger partial charge in [0.1, 0.15) is 5.82 Å². The van der Waals surface area contributed by atoms with Crippen LogP contribution in [0, 0.1) is 5.92 Å². The normalized spacial score (nSPS) is 10.7. The monoisotopic (exact) mass is 332 g/mol. The summed E-state index contributed by atoms with van der Waals surface area (Å²) in [5.41, 5.74) is 3.22. The van der Waals surface area contributed by atoms with Gasteiger partial charge in [0.2, 0.25) is 5.95 Å². The molecule has 1 heterocycles. The first-order valence-electron chi connectivity index (χ1n) is 8.67. The predicted octanol–water partition coefficient (Wildman–Crippen LogP) is 4.82. The molecule has 0 aliphatic carbocycles. The molecule has 0 saturated carbocycles. The van der Waals surface area contributed by atoms with Gasteiger partial charge in [-0.1, -0.05) is 74.5 Å². The summed E-state index contributed by atoms with van der Waals surface area (Å²) in [4.78, 5) is 9.28. The number of benzene rings is 2. The smallest absolute Gasteiger partial charge is 0.225 e. The molecule has 1 aromatic heterocycles. The number of nitrogens with one attached hydrogen (secondary N) is 2. The summed E-state index contributed by atoms with van der Waals surface area (Å²) < 4.78 is 0. The summed E-state index contributed by atoms with van der Waals surface area (Å²) in [6, 6.07) is 22.5. The molecule has 0 aliphatic rings. The predicted molar refractivity (Wildman–Crippen MR) is 105 cm³/mol. The highest BCUT2D eigenvalue weighted by Crippen LogP contribution is 2.21. The van der Waals surface area contributed by atoms with E-state index in [1.54, 1.807) is 0 Å². The molecule has 0 saturated heterocycles. The number of nitrogens with zero attached hydrogens (tertiary/aromatic N) is 2. The van der Waals surface area contributed by atoms with Crippen LogP contribution in [0.3, 0.4) is 0 Å². The van der Waals surface area contributed by atoms with Gasteiger partial charge in [0, 0.05) is 24.7 Å². The highest BCUT2D eigenvalue weighted by molar-refractivity contribution is 5.64. The number of rotatable bonds is 7. The molecule has 0 unspecified atom stereocenters. The van der Waals surface area contributed by atoms with Gasteiger partial charge in [-0.2, -0.15) is 4.98 Å². The molecule has 0 atom stereocenters. The molecule has 25 heavy (non-hydrogen) atoms. The molecule has 4 nitrogen and oxygen atoms in total. The molecule has 0 amide bonds. The van der Waals surface area contributed by atoms with Gasteiger partial charge in [-0.05, 0) is 11.5 Å². The highest BCUT2D eigenvalue weighted by atomic mass is 15.1. The maximum Gasteiger partial charge on any atom is 0.225 e. The second-order valence-corrected chi connectivity index (χ2v) is 6.44. The Balaban J connectivity index is 1.83. The Morgan fingerprint density at radius 1 is 0.840 bits per heavy atom. The van der Waals surface area contributed by atoms with Crippen molar-refractivity contribution in [1.29, 1.82) is 0 Å². The summed E-state index contributed by atoms with van der Waals surface area (Å²) in [6.45, 7) is 5.91. The maximum atomic E-state index is 4.67. The number of hydrogen-bond donors (Lipinski definition) is 2. The van der Waals surface area contributed by atoms with Crippen LogP contribution in [-0.4, -0.2) is 16.5 Å². The van der Waals surface area contributed by atoms with Crippen LogP contribution in [0.2, 0.25) is 0 Å². The first-order chi connectivity index (χ1) is 12.2. The molecule has 2 aromatic carbocycles. The molecule has 0 bridgehead atoms. The zero-order chi connectivity index (χ0) is 17.5. The molecule has 3 rings (SSSR count). The molecule has 128 valence electrons. The Labute approximate surface area is 149 Å². The zero-order valence-corrected chi connectivity index (χ0v) is 14.7. The van der Waals surface area contributed by atoms with Crippen LogP contribution in [-0.2, 0) is 6.54 Å². The van der Waals surface area contributed by atoms with Crippen molar-refractivity contribution < 1.29 is 0 Å². The van der Waals surface area contributed by atoms with Gasteiger partial charge in [-0.3, -0.25) is 0 Å². The summed E-state index contributed by atoms with van der Waals surface area (Å²) >= 11 is 0. The Hall–Kier alpha value is -2.88. The topological polar surface area (TPSA) is 49.8 Å². The fourth-order valence-corrected chi connectivity index (χ4v) is 2.46. The summed E-state index contributed by atoms with van der Waals surface area (Å²) in [7, 11) is 0. The third-order valence-electron chi connectivity index (χ3n) is 3.78. The third kappa shape index (κ3) is 5.05. The molecule has 3 aromatic rings. The van der Waals surface area contributed by atoms with E-state index in [0.29, 0.717) is 11.9 Å². The van der Waals surface area contributed by atoms with Crippen molar-refractivity contribution >= 4 is 11.8 Å². The van der Waals surface area contributed by atoms with Gasteiger partial charge in [0.25, 0.3) is 0 Å². The van der Waals surface area contributed by atoms with E-state index < -0.39 is 0 Å². The van der Waals surface area contributed by atoms with Crippen LogP contribution in [0.15, 0.2) is 66.7 Å². The van der Waals surface area contributed by atoms with E-state index in [-0.39, 0.29) is 0 Å². The van der Waals surface area contributed by atoms with Crippen molar-refractivity contribution in [3.05, 3.63) is 72.3 Å². The van der Waals surface area contributed by atoms with Gasteiger partial charge in [0.15, 0.2) is 0 Å². The lowest BCUT2D eigenvalue weighted by molar-refractivity contribution is 0.684. The fourth-order valence-electron chi connectivity index (χ4n) is 2.46. The van der Waals surface area contributed by atoms with Crippen LogP contribution in [0.1, 0.15) is 19.4 Å². The first kappa shape index (κ1) is 17.0. The molecule has 4 heteroatoms. The van der Waals surface area contributed by atoms with Gasteiger partial charge in [0.05, 0.1) is 5.69 Å². The van der Waals surface area contributed by atoms with Crippen LogP contribution < -0.4 is 10.6 Å². The summed E-state index contributed by atoms with van der Waals surface area (Å²) in [6.07, 6.45) is 0. The zero-order valence-electron chi connectivity index (χ0n) is 14.7. The standard InChI is InChI=1S/C21H24N4/c1-16(2)14-23-21-24-19(18-11-7-4-8-12-18)13-20(25-21)22-15-17-9-5-3-6-10-17/h3-13,16H,14-15H2,1-2H3,(H2,22,23,24,25). The minimum atomic E-state index is 0.532. The van der Waals surface area contributed by atoms with E-state index in [1.165, 1.54) is 5.56 Å². The van der Waals surface area contributed by atoms with Crippen molar-refractivity contribution in [2.75, 3.05) is 17.2 Å². The molecule has 0 fully saturated rings. The average molecular weight is 332 g/mol. The van der Waals surface area contributed by atoms with Crippen LogP contribution in [0.5, 0.6) is 0 Å². The Morgan fingerprint density at radius 3 is 2.20 bits per heavy atom. The van der Waals surface area contributed by atoms with E-state index in [0.717, 1.165) is 30.2 Å². The van der Waals surface area contributed by atoms with Crippen LogP contribution >= 0.6 is 0 Å². The van der Waals surface area contributed by atoms with Crippen LogP contribution in [0.25, 0.3) is 11.3 Å². The largest absolute Gasteiger partial charge is 0.366 e. The van der Waals surface area contributed by atoms with Crippen molar-refractivity contribution in [3.8, 4) is 11.3 Å². The fraction of sp³-hybridized carbons (Fsp3) is 0.238. The SMILES string of the molecule is CC(C)CNc1nc(NCc2ccccc2)cc(-c2ccccc2)n1. The van der Waals surface area contributed by atoms with Gasteiger partial charge < -0.3 is 10.6 Å². The van der Waals surface area contributed by atoms with E-state index in [4.69, 9.17) is 0 Å². The minimum absolute atomic E-state index is 0.532. The Kier molecular flexibility index (Phi) is 5.62. The van der Waals surface area contributed by atoms with Gasteiger partial charge in [-0.25, -0.2) is 4.98 Å². The van der Waals surface area contributed by atoms with Crippen LogP contribution in [0.4, 0.5) is 11.8 Å². The number of aromatic nitrogens is 2. The molecule has 2 N–H and O–H groups in total. The lowest BCUT2D eigenvalue weighted by atomic mass is 10.1. The molecule has 0 spiro atoms. The average Bonchev–Trinajstić information content (AvgIpc) is 2.66. The van der Waals surface area contributed by atoms with Crippen molar-refractivity contribution in [2.45, 2.75) is 20.4 Å². The Bertz CT molecular complexity index is 786. The number of anilines is 2. The molecule has 0 aliphatic heterocycles. The molecular weight excluding hydrogens is 308 g/mol. The van der Waals surface area contributed by atoms with E-state index in [9.17, 15) is 0 Å². The summed E-state index contributed by atoms with van der Waals surface area (Å²) in [5, 5.41) is 6.74. The second-order valence-electron chi connectivity index (χ2n) is 6.44. The van der Waals surface area contributed by atoms with Crippen molar-refractivity contribution in [2.24, 2.45) is 5.92 Å². The van der Waals surface area contributed by atoms with Crippen molar-refractivity contribution in [3.63, 3.8) is 0 Å². The van der Waals surface area contributed by atoms with E-state index in [2.05, 4.69) is 58.7 Å². The Morgan fingerprint density at radius 2 is 1.52 bits per heavy atom. The lowest BCUT2D eigenvalue weighted by Gasteiger charge is -2.12. The van der Waals surface area contributed by atoms with E-state index >= 15 is 0 Å².